The standard InChI is InChI=1S/C15H14N4O/c1-9-6-10(2-4-12(9)16)15(20)19-11-3-5-13-14(7-11)18-8-17-13/h2-8H,16H2,1H3,(H,17,18)(H,19,20). The number of benzene rings is 2. The van der Waals surface area contributed by atoms with E-state index < -0.39 is 0 Å². The molecular weight excluding hydrogens is 252 g/mol. The highest BCUT2D eigenvalue weighted by Crippen LogP contribution is 2.18. The maximum absolute atomic E-state index is 12.2. The number of nitrogens with two attached hydrogens (primary N) is 1. The van der Waals surface area contributed by atoms with Gasteiger partial charge in [0.25, 0.3) is 5.91 Å². The van der Waals surface area contributed by atoms with Crippen LogP contribution in [-0.4, -0.2) is 15.9 Å². The molecule has 1 heterocycles. The van der Waals surface area contributed by atoms with Gasteiger partial charge < -0.3 is 16.0 Å². The highest BCUT2D eigenvalue weighted by Gasteiger charge is 2.08. The van der Waals surface area contributed by atoms with Crippen LogP contribution in [0.5, 0.6) is 0 Å². The zero-order valence-electron chi connectivity index (χ0n) is 11.0. The topological polar surface area (TPSA) is 83.8 Å². The highest BCUT2D eigenvalue weighted by molar-refractivity contribution is 6.05. The number of nitrogen functional groups attached to an aromatic ring is 1. The summed E-state index contributed by atoms with van der Waals surface area (Å²) in [6, 6.07) is 10.8. The molecule has 0 spiro atoms. The predicted octanol–water partition coefficient (Wildman–Crippen LogP) is 2.71. The van der Waals surface area contributed by atoms with Crippen molar-refractivity contribution in [3.8, 4) is 0 Å². The molecular formula is C15H14N4O. The quantitative estimate of drug-likeness (QED) is 0.623. The summed E-state index contributed by atoms with van der Waals surface area (Å²) in [5, 5.41) is 2.86. The monoisotopic (exact) mass is 266 g/mol. The summed E-state index contributed by atoms with van der Waals surface area (Å²) in [4.78, 5) is 19.3. The lowest BCUT2D eigenvalue weighted by Crippen LogP contribution is -2.12. The van der Waals surface area contributed by atoms with Crippen molar-refractivity contribution in [2.45, 2.75) is 6.92 Å². The number of aryl methyl sites for hydroxylation is 1. The average Bonchev–Trinajstić information content (AvgIpc) is 2.89. The van der Waals surface area contributed by atoms with Gasteiger partial charge in [-0.1, -0.05) is 0 Å². The summed E-state index contributed by atoms with van der Waals surface area (Å²) in [6.45, 7) is 1.88. The maximum atomic E-state index is 12.2. The smallest absolute Gasteiger partial charge is 0.255 e. The van der Waals surface area contributed by atoms with Crippen LogP contribution >= 0.6 is 0 Å². The van der Waals surface area contributed by atoms with Crippen LogP contribution in [0.3, 0.4) is 0 Å². The summed E-state index contributed by atoms with van der Waals surface area (Å²) >= 11 is 0. The number of imidazole rings is 1. The first-order chi connectivity index (χ1) is 9.63. The van der Waals surface area contributed by atoms with Crippen molar-refractivity contribution in [2.75, 3.05) is 11.1 Å². The van der Waals surface area contributed by atoms with Crippen molar-refractivity contribution in [2.24, 2.45) is 0 Å². The summed E-state index contributed by atoms with van der Waals surface area (Å²) in [5.74, 6) is -0.160. The molecule has 0 saturated carbocycles. The number of hydrogen-bond donors (Lipinski definition) is 3. The summed E-state index contributed by atoms with van der Waals surface area (Å²) in [6.07, 6.45) is 1.62. The van der Waals surface area contributed by atoms with E-state index in [-0.39, 0.29) is 5.91 Å². The molecule has 3 aromatic rings. The van der Waals surface area contributed by atoms with E-state index in [0.717, 1.165) is 22.3 Å². The molecule has 5 heteroatoms. The first kappa shape index (κ1) is 12.2. The second-order valence-electron chi connectivity index (χ2n) is 4.66. The molecule has 0 unspecified atom stereocenters. The fourth-order valence-electron chi connectivity index (χ4n) is 2.03. The molecule has 0 atom stereocenters. The van der Waals surface area contributed by atoms with E-state index in [2.05, 4.69) is 15.3 Å². The first-order valence-corrected chi connectivity index (χ1v) is 6.24. The van der Waals surface area contributed by atoms with Crippen molar-refractivity contribution in [3.63, 3.8) is 0 Å². The lowest BCUT2D eigenvalue weighted by atomic mass is 10.1. The third kappa shape index (κ3) is 2.21. The number of H-pyrrole nitrogens is 1. The number of hydrogen-bond acceptors (Lipinski definition) is 3. The fraction of sp³-hybridized carbons (Fsp3) is 0.0667. The number of fused-ring (bicyclic) bond motifs is 1. The molecule has 2 aromatic carbocycles. The molecule has 20 heavy (non-hydrogen) atoms. The number of carbonyl (C=O) groups excluding carboxylic acids is 1. The Bertz CT molecular complexity index is 791. The molecule has 0 radical (unpaired) electrons. The van der Waals surface area contributed by atoms with Crippen LogP contribution in [0.4, 0.5) is 11.4 Å². The number of nitrogens with zero attached hydrogens (tertiary/aromatic N) is 1. The Balaban J connectivity index is 1.85. The number of aromatic nitrogens is 2. The highest BCUT2D eigenvalue weighted by atomic mass is 16.1. The largest absolute Gasteiger partial charge is 0.399 e. The zero-order chi connectivity index (χ0) is 14.1. The van der Waals surface area contributed by atoms with Gasteiger partial charge in [-0.15, -0.1) is 0 Å². The van der Waals surface area contributed by atoms with E-state index in [1.165, 1.54) is 0 Å². The summed E-state index contributed by atoms with van der Waals surface area (Å²) in [5.41, 5.74) is 10.4. The van der Waals surface area contributed by atoms with Gasteiger partial charge in [-0.2, -0.15) is 0 Å². The number of aromatic amines is 1. The second kappa shape index (κ2) is 4.70. The van der Waals surface area contributed by atoms with Crippen LogP contribution in [-0.2, 0) is 0 Å². The fourth-order valence-corrected chi connectivity index (χ4v) is 2.03. The number of nitrogens with one attached hydrogen (secondary N) is 2. The molecule has 1 amide bonds. The minimum atomic E-state index is -0.160. The molecule has 100 valence electrons. The van der Waals surface area contributed by atoms with E-state index in [1.807, 2.05) is 25.1 Å². The molecule has 0 aliphatic carbocycles. The molecule has 3 rings (SSSR count). The Labute approximate surface area is 115 Å². The van der Waals surface area contributed by atoms with Crippen LogP contribution < -0.4 is 11.1 Å². The number of amides is 1. The summed E-state index contributed by atoms with van der Waals surface area (Å²) < 4.78 is 0. The van der Waals surface area contributed by atoms with E-state index in [9.17, 15) is 4.79 Å². The Morgan fingerprint density at radius 3 is 2.90 bits per heavy atom. The van der Waals surface area contributed by atoms with Gasteiger partial charge in [0.1, 0.15) is 0 Å². The lowest BCUT2D eigenvalue weighted by molar-refractivity contribution is 0.102. The molecule has 0 aliphatic heterocycles. The van der Waals surface area contributed by atoms with Gasteiger partial charge in [0, 0.05) is 16.9 Å². The van der Waals surface area contributed by atoms with Crippen LogP contribution in [0.2, 0.25) is 0 Å². The number of anilines is 2. The lowest BCUT2D eigenvalue weighted by Gasteiger charge is -2.07. The number of rotatable bonds is 2. The second-order valence-corrected chi connectivity index (χ2v) is 4.66. The van der Waals surface area contributed by atoms with Crippen molar-refractivity contribution < 1.29 is 4.79 Å². The van der Waals surface area contributed by atoms with Crippen LogP contribution in [0, 0.1) is 6.92 Å². The molecule has 4 N–H and O–H groups in total. The molecule has 0 saturated heterocycles. The molecule has 0 bridgehead atoms. The van der Waals surface area contributed by atoms with Gasteiger partial charge in [-0.25, -0.2) is 4.98 Å². The van der Waals surface area contributed by atoms with Crippen molar-refractivity contribution in [1.82, 2.24) is 9.97 Å². The van der Waals surface area contributed by atoms with Gasteiger partial charge in [-0.3, -0.25) is 4.79 Å². The minimum absolute atomic E-state index is 0.160. The van der Waals surface area contributed by atoms with E-state index in [4.69, 9.17) is 5.73 Å². The molecule has 1 aromatic heterocycles. The normalized spacial score (nSPS) is 10.7. The van der Waals surface area contributed by atoms with Crippen LogP contribution in [0.1, 0.15) is 15.9 Å². The van der Waals surface area contributed by atoms with Gasteiger partial charge in [0.2, 0.25) is 0 Å². The predicted molar refractivity (Wildman–Crippen MR) is 79.6 cm³/mol. The van der Waals surface area contributed by atoms with E-state index in [0.29, 0.717) is 11.3 Å². The molecule has 5 nitrogen and oxygen atoms in total. The van der Waals surface area contributed by atoms with E-state index >= 15 is 0 Å². The first-order valence-electron chi connectivity index (χ1n) is 6.24. The SMILES string of the molecule is Cc1cc(C(=O)Nc2ccc3nc[nH]c3c2)ccc1N. The Kier molecular flexibility index (Phi) is 2.87. The Morgan fingerprint density at radius 2 is 2.10 bits per heavy atom. The van der Waals surface area contributed by atoms with Crippen LogP contribution in [0.15, 0.2) is 42.7 Å². The van der Waals surface area contributed by atoms with Gasteiger partial charge in [0.05, 0.1) is 17.4 Å². The van der Waals surface area contributed by atoms with Gasteiger partial charge >= 0.3 is 0 Å². The van der Waals surface area contributed by atoms with E-state index in [1.54, 1.807) is 24.5 Å². The summed E-state index contributed by atoms with van der Waals surface area (Å²) in [7, 11) is 0. The van der Waals surface area contributed by atoms with Crippen molar-refractivity contribution in [3.05, 3.63) is 53.9 Å². The third-order valence-electron chi connectivity index (χ3n) is 3.21. The van der Waals surface area contributed by atoms with Gasteiger partial charge in [0.15, 0.2) is 0 Å². The van der Waals surface area contributed by atoms with Crippen molar-refractivity contribution >= 4 is 28.3 Å². The van der Waals surface area contributed by atoms with Crippen LogP contribution in [0.25, 0.3) is 11.0 Å². The number of carbonyl (C=O) groups is 1. The molecule has 0 aliphatic rings. The average molecular weight is 266 g/mol. The maximum Gasteiger partial charge on any atom is 0.255 e. The van der Waals surface area contributed by atoms with Gasteiger partial charge in [-0.05, 0) is 48.9 Å². The Morgan fingerprint density at radius 1 is 1.25 bits per heavy atom. The third-order valence-corrected chi connectivity index (χ3v) is 3.21. The van der Waals surface area contributed by atoms with Crippen molar-refractivity contribution in [1.29, 1.82) is 0 Å². The Hall–Kier alpha value is -2.82. The molecule has 0 fully saturated rings. The minimum Gasteiger partial charge on any atom is -0.399 e. The zero-order valence-corrected chi connectivity index (χ0v) is 11.0.